The lowest BCUT2D eigenvalue weighted by atomic mass is 10.1. The van der Waals surface area contributed by atoms with Crippen molar-refractivity contribution in [1.82, 2.24) is 5.32 Å². The van der Waals surface area contributed by atoms with Gasteiger partial charge < -0.3 is 5.32 Å². The molecular formula is C15H20BrNO. The molecule has 1 unspecified atom stereocenters. The second-order valence-electron chi connectivity index (χ2n) is 5.31. The second kappa shape index (κ2) is 5.87. The molecule has 1 aromatic carbocycles. The van der Waals surface area contributed by atoms with E-state index in [4.69, 9.17) is 0 Å². The Morgan fingerprint density at radius 1 is 1.33 bits per heavy atom. The molecule has 2 nitrogen and oxygen atoms in total. The standard InChI is InChI=1S/C15H20BrNO/c1-10(2)14(16)9-17-15(18)13-7-6-11-4-3-5-12(11)8-13/h6-8,10,14H,3-5,9H2,1-2H3,(H,17,18). The fraction of sp³-hybridized carbons (Fsp3) is 0.533. The Kier molecular flexibility index (Phi) is 4.44. The number of aryl methyl sites for hydroxylation is 2. The molecular weight excluding hydrogens is 290 g/mol. The van der Waals surface area contributed by atoms with E-state index in [9.17, 15) is 4.79 Å². The number of halogens is 1. The highest BCUT2D eigenvalue weighted by Crippen LogP contribution is 2.22. The first-order valence-corrected chi connectivity index (χ1v) is 7.53. The predicted octanol–water partition coefficient (Wildman–Crippen LogP) is 3.32. The van der Waals surface area contributed by atoms with E-state index in [-0.39, 0.29) is 5.91 Å². The number of benzene rings is 1. The monoisotopic (exact) mass is 309 g/mol. The van der Waals surface area contributed by atoms with E-state index in [1.54, 1.807) is 0 Å². The van der Waals surface area contributed by atoms with Crippen molar-refractivity contribution in [2.24, 2.45) is 5.92 Å². The summed E-state index contributed by atoms with van der Waals surface area (Å²) in [6.07, 6.45) is 3.49. The van der Waals surface area contributed by atoms with Gasteiger partial charge in [0.25, 0.3) is 5.91 Å². The zero-order valence-corrected chi connectivity index (χ0v) is 12.6. The lowest BCUT2D eigenvalue weighted by molar-refractivity contribution is 0.0953. The Morgan fingerprint density at radius 2 is 2.06 bits per heavy atom. The molecule has 0 spiro atoms. The minimum absolute atomic E-state index is 0.0369. The van der Waals surface area contributed by atoms with Crippen LogP contribution in [0, 0.1) is 5.92 Å². The minimum atomic E-state index is 0.0369. The van der Waals surface area contributed by atoms with Crippen LogP contribution < -0.4 is 5.32 Å². The van der Waals surface area contributed by atoms with Gasteiger partial charge in [-0.1, -0.05) is 35.8 Å². The van der Waals surface area contributed by atoms with Crippen molar-refractivity contribution in [3.8, 4) is 0 Å². The molecule has 2 rings (SSSR count). The molecule has 0 radical (unpaired) electrons. The second-order valence-corrected chi connectivity index (χ2v) is 6.48. The summed E-state index contributed by atoms with van der Waals surface area (Å²) in [5.74, 6) is 0.556. The van der Waals surface area contributed by atoms with Crippen molar-refractivity contribution in [1.29, 1.82) is 0 Å². The smallest absolute Gasteiger partial charge is 0.251 e. The summed E-state index contributed by atoms with van der Waals surface area (Å²) in [5.41, 5.74) is 3.55. The van der Waals surface area contributed by atoms with E-state index in [0.29, 0.717) is 17.3 Å². The van der Waals surface area contributed by atoms with E-state index < -0.39 is 0 Å². The molecule has 0 aliphatic heterocycles. The van der Waals surface area contributed by atoms with Crippen molar-refractivity contribution in [2.45, 2.75) is 37.9 Å². The first kappa shape index (κ1) is 13.6. The third-order valence-electron chi connectivity index (χ3n) is 3.54. The van der Waals surface area contributed by atoms with Crippen molar-refractivity contribution in [3.63, 3.8) is 0 Å². The Labute approximate surface area is 117 Å². The number of amides is 1. The highest BCUT2D eigenvalue weighted by Gasteiger charge is 2.15. The van der Waals surface area contributed by atoms with Gasteiger partial charge in [-0.3, -0.25) is 4.79 Å². The molecule has 98 valence electrons. The maximum Gasteiger partial charge on any atom is 0.251 e. The molecule has 18 heavy (non-hydrogen) atoms. The van der Waals surface area contributed by atoms with E-state index >= 15 is 0 Å². The van der Waals surface area contributed by atoms with Gasteiger partial charge in [-0.2, -0.15) is 0 Å². The zero-order valence-electron chi connectivity index (χ0n) is 11.0. The molecule has 3 heteroatoms. The van der Waals surface area contributed by atoms with Gasteiger partial charge in [0.2, 0.25) is 0 Å². The topological polar surface area (TPSA) is 29.1 Å². The zero-order chi connectivity index (χ0) is 13.1. The van der Waals surface area contributed by atoms with Crippen molar-refractivity contribution >= 4 is 21.8 Å². The highest BCUT2D eigenvalue weighted by atomic mass is 79.9. The molecule has 0 bridgehead atoms. The van der Waals surface area contributed by atoms with Gasteiger partial charge in [-0.05, 0) is 48.4 Å². The van der Waals surface area contributed by atoms with Crippen LogP contribution >= 0.6 is 15.9 Å². The van der Waals surface area contributed by atoms with Crippen LogP contribution in [0.2, 0.25) is 0 Å². The molecule has 1 aliphatic carbocycles. The van der Waals surface area contributed by atoms with Crippen molar-refractivity contribution in [3.05, 3.63) is 34.9 Å². The summed E-state index contributed by atoms with van der Waals surface area (Å²) in [5, 5.41) is 2.99. The predicted molar refractivity (Wildman–Crippen MR) is 78.4 cm³/mol. The van der Waals surface area contributed by atoms with Gasteiger partial charge in [0.1, 0.15) is 0 Å². The largest absolute Gasteiger partial charge is 0.351 e. The number of rotatable bonds is 4. The van der Waals surface area contributed by atoms with E-state index in [0.717, 1.165) is 18.4 Å². The Hall–Kier alpha value is -0.830. The maximum atomic E-state index is 12.0. The minimum Gasteiger partial charge on any atom is -0.351 e. The SMILES string of the molecule is CC(C)C(Br)CNC(=O)c1ccc2c(c1)CCC2. The number of carbonyl (C=O) groups excluding carboxylic acids is 1. The van der Waals surface area contributed by atoms with E-state index in [1.165, 1.54) is 17.5 Å². The first-order chi connectivity index (χ1) is 8.58. The van der Waals surface area contributed by atoms with Crippen LogP contribution in [-0.4, -0.2) is 17.3 Å². The lowest BCUT2D eigenvalue weighted by Crippen LogP contribution is -2.31. The molecule has 1 atom stereocenters. The first-order valence-electron chi connectivity index (χ1n) is 6.62. The molecule has 0 saturated heterocycles. The molecule has 0 aromatic heterocycles. The lowest BCUT2D eigenvalue weighted by Gasteiger charge is -2.14. The maximum absolute atomic E-state index is 12.0. The van der Waals surface area contributed by atoms with Crippen LogP contribution in [0.4, 0.5) is 0 Å². The number of hydrogen-bond donors (Lipinski definition) is 1. The van der Waals surface area contributed by atoms with Crippen LogP contribution in [0.1, 0.15) is 41.8 Å². The summed E-state index contributed by atoms with van der Waals surface area (Å²) in [7, 11) is 0. The van der Waals surface area contributed by atoms with E-state index in [2.05, 4.69) is 47.2 Å². The van der Waals surface area contributed by atoms with Gasteiger partial charge >= 0.3 is 0 Å². The summed E-state index contributed by atoms with van der Waals surface area (Å²) in [4.78, 5) is 12.4. The van der Waals surface area contributed by atoms with Gasteiger partial charge in [0, 0.05) is 16.9 Å². The van der Waals surface area contributed by atoms with Crippen LogP contribution in [0.15, 0.2) is 18.2 Å². The molecule has 0 heterocycles. The molecule has 0 fully saturated rings. The third kappa shape index (κ3) is 3.14. The Bertz CT molecular complexity index is 442. The van der Waals surface area contributed by atoms with Gasteiger partial charge in [0.15, 0.2) is 0 Å². The number of hydrogen-bond acceptors (Lipinski definition) is 1. The van der Waals surface area contributed by atoms with Gasteiger partial charge in [-0.15, -0.1) is 0 Å². The quantitative estimate of drug-likeness (QED) is 0.849. The van der Waals surface area contributed by atoms with E-state index in [1.807, 2.05) is 6.07 Å². The summed E-state index contributed by atoms with van der Waals surface area (Å²) < 4.78 is 0. The third-order valence-corrected chi connectivity index (χ3v) is 4.92. The van der Waals surface area contributed by atoms with Crippen LogP contribution in [0.25, 0.3) is 0 Å². The molecule has 1 N–H and O–H groups in total. The van der Waals surface area contributed by atoms with Crippen LogP contribution in [0.3, 0.4) is 0 Å². The molecule has 1 amide bonds. The molecule has 0 saturated carbocycles. The number of alkyl halides is 1. The molecule has 1 aliphatic rings. The van der Waals surface area contributed by atoms with Crippen molar-refractivity contribution < 1.29 is 4.79 Å². The fourth-order valence-electron chi connectivity index (χ4n) is 2.24. The normalized spacial score (nSPS) is 15.6. The van der Waals surface area contributed by atoms with Crippen LogP contribution in [-0.2, 0) is 12.8 Å². The fourth-order valence-corrected chi connectivity index (χ4v) is 2.40. The van der Waals surface area contributed by atoms with Gasteiger partial charge in [-0.25, -0.2) is 0 Å². The number of carbonyl (C=O) groups is 1. The van der Waals surface area contributed by atoms with Crippen molar-refractivity contribution in [2.75, 3.05) is 6.54 Å². The Balaban J connectivity index is 1.97. The highest BCUT2D eigenvalue weighted by molar-refractivity contribution is 9.09. The Morgan fingerprint density at radius 3 is 2.78 bits per heavy atom. The summed E-state index contributed by atoms with van der Waals surface area (Å²) in [6, 6.07) is 6.10. The van der Waals surface area contributed by atoms with Gasteiger partial charge in [0.05, 0.1) is 0 Å². The summed E-state index contributed by atoms with van der Waals surface area (Å²) in [6.45, 7) is 4.95. The summed E-state index contributed by atoms with van der Waals surface area (Å²) >= 11 is 3.58. The average molecular weight is 310 g/mol. The van der Waals surface area contributed by atoms with Crippen LogP contribution in [0.5, 0.6) is 0 Å². The molecule has 1 aromatic rings. The number of nitrogens with one attached hydrogen (secondary N) is 1. The average Bonchev–Trinajstić information content (AvgIpc) is 2.82. The number of fused-ring (bicyclic) bond motifs is 1.